The van der Waals surface area contributed by atoms with E-state index >= 15 is 0 Å². The highest BCUT2D eigenvalue weighted by Crippen LogP contribution is 2.39. The standard InChI is InChI=1S/C25H37NS/c1-17(2)13-14-18-11-9-10-12-21(18)26-22-16-19(24(3,4)5)15-20(23(22)27)25(6,7)8/h9-12,15-17,26-27H,13-14H2,1-8H3. The molecule has 0 aliphatic carbocycles. The van der Waals surface area contributed by atoms with Crippen LogP contribution in [0.2, 0.25) is 0 Å². The minimum atomic E-state index is 0.0476. The number of para-hydroxylation sites is 1. The van der Waals surface area contributed by atoms with E-state index in [9.17, 15) is 0 Å². The lowest BCUT2D eigenvalue weighted by Gasteiger charge is -2.28. The Labute approximate surface area is 172 Å². The normalized spacial score (nSPS) is 12.5. The summed E-state index contributed by atoms with van der Waals surface area (Å²) in [7, 11) is 0. The fourth-order valence-electron chi connectivity index (χ4n) is 3.18. The summed E-state index contributed by atoms with van der Waals surface area (Å²) in [4.78, 5) is 1.05. The van der Waals surface area contributed by atoms with Crippen molar-refractivity contribution in [1.82, 2.24) is 0 Å². The van der Waals surface area contributed by atoms with E-state index < -0.39 is 0 Å². The van der Waals surface area contributed by atoms with E-state index in [0.717, 1.165) is 17.0 Å². The zero-order valence-electron chi connectivity index (χ0n) is 18.4. The zero-order valence-corrected chi connectivity index (χ0v) is 19.3. The third kappa shape index (κ3) is 5.78. The molecular formula is C25H37NS. The van der Waals surface area contributed by atoms with Gasteiger partial charge in [0.15, 0.2) is 0 Å². The van der Waals surface area contributed by atoms with Gasteiger partial charge in [-0.1, -0.05) is 79.7 Å². The Morgan fingerprint density at radius 1 is 0.889 bits per heavy atom. The molecule has 2 heteroatoms. The largest absolute Gasteiger partial charge is 0.354 e. The summed E-state index contributed by atoms with van der Waals surface area (Å²) in [5.41, 5.74) is 6.44. The van der Waals surface area contributed by atoms with Gasteiger partial charge < -0.3 is 5.32 Å². The van der Waals surface area contributed by atoms with Gasteiger partial charge in [-0.15, -0.1) is 12.6 Å². The lowest BCUT2D eigenvalue weighted by molar-refractivity contribution is 0.560. The van der Waals surface area contributed by atoms with Gasteiger partial charge >= 0.3 is 0 Å². The molecule has 148 valence electrons. The molecule has 0 heterocycles. The van der Waals surface area contributed by atoms with E-state index in [4.69, 9.17) is 12.6 Å². The van der Waals surface area contributed by atoms with Crippen LogP contribution >= 0.6 is 12.6 Å². The highest BCUT2D eigenvalue weighted by atomic mass is 32.1. The molecule has 0 aromatic heterocycles. The molecule has 27 heavy (non-hydrogen) atoms. The number of hydrogen-bond donors (Lipinski definition) is 2. The van der Waals surface area contributed by atoms with Gasteiger partial charge in [-0.25, -0.2) is 0 Å². The second kappa shape index (κ2) is 8.31. The number of nitrogens with one attached hydrogen (secondary N) is 1. The predicted octanol–water partition coefficient (Wildman–Crippen LogP) is 7.90. The Balaban J connectivity index is 2.50. The van der Waals surface area contributed by atoms with Gasteiger partial charge in [0.05, 0.1) is 5.69 Å². The zero-order chi connectivity index (χ0) is 20.4. The first-order valence-corrected chi connectivity index (χ1v) is 10.6. The van der Waals surface area contributed by atoms with Crippen LogP contribution < -0.4 is 5.32 Å². The number of thiol groups is 1. The average molecular weight is 384 g/mol. The van der Waals surface area contributed by atoms with Crippen molar-refractivity contribution in [2.75, 3.05) is 5.32 Å². The molecular weight excluding hydrogens is 346 g/mol. The van der Waals surface area contributed by atoms with Crippen LogP contribution in [0.3, 0.4) is 0 Å². The molecule has 1 N–H and O–H groups in total. The number of aryl methyl sites for hydroxylation is 1. The molecule has 2 aromatic rings. The van der Waals surface area contributed by atoms with Gasteiger partial charge in [0.2, 0.25) is 0 Å². The number of anilines is 2. The van der Waals surface area contributed by atoms with E-state index in [0.29, 0.717) is 5.92 Å². The lowest BCUT2D eigenvalue weighted by atomic mass is 9.80. The second-order valence-corrected chi connectivity index (χ2v) is 10.6. The van der Waals surface area contributed by atoms with E-state index in [2.05, 4.69) is 97.1 Å². The smallest absolute Gasteiger partial charge is 0.0525 e. The molecule has 0 amide bonds. The van der Waals surface area contributed by atoms with Gasteiger partial charge in [0.1, 0.15) is 0 Å². The molecule has 0 aliphatic heterocycles. The van der Waals surface area contributed by atoms with E-state index in [-0.39, 0.29) is 10.8 Å². The monoisotopic (exact) mass is 383 g/mol. The van der Waals surface area contributed by atoms with Crippen molar-refractivity contribution < 1.29 is 0 Å². The molecule has 1 nitrogen and oxygen atoms in total. The molecule has 0 bridgehead atoms. The van der Waals surface area contributed by atoms with Crippen molar-refractivity contribution in [3.05, 3.63) is 53.1 Å². The molecule has 2 rings (SSSR count). The fourth-order valence-corrected chi connectivity index (χ4v) is 3.70. The van der Waals surface area contributed by atoms with Crippen LogP contribution in [0.5, 0.6) is 0 Å². The summed E-state index contributed by atoms with van der Waals surface area (Å²) in [5, 5.41) is 3.71. The Kier molecular flexibility index (Phi) is 6.73. The van der Waals surface area contributed by atoms with Crippen molar-refractivity contribution in [2.24, 2.45) is 5.92 Å². The maximum atomic E-state index is 4.93. The first-order valence-electron chi connectivity index (χ1n) is 10.1. The van der Waals surface area contributed by atoms with Gasteiger partial charge in [-0.05, 0) is 58.4 Å². The Hall–Kier alpha value is -1.41. The van der Waals surface area contributed by atoms with Crippen molar-refractivity contribution >= 4 is 24.0 Å². The summed E-state index contributed by atoms with van der Waals surface area (Å²) in [6, 6.07) is 13.3. The van der Waals surface area contributed by atoms with E-state index in [1.165, 1.54) is 28.8 Å². The Morgan fingerprint density at radius 2 is 1.52 bits per heavy atom. The minimum Gasteiger partial charge on any atom is -0.354 e. The maximum Gasteiger partial charge on any atom is 0.0525 e. The average Bonchev–Trinajstić information content (AvgIpc) is 2.53. The van der Waals surface area contributed by atoms with Crippen LogP contribution in [0.25, 0.3) is 0 Å². The number of hydrogen-bond acceptors (Lipinski definition) is 2. The highest BCUT2D eigenvalue weighted by molar-refractivity contribution is 7.80. The third-order valence-electron chi connectivity index (χ3n) is 5.06. The van der Waals surface area contributed by atoms with Gasteiger partial charge in [0, 0.05) is 10.6 Å². The second-order valence-electron chi connectivity index (χ2n) is 10.1. The van der Waals surface area contributed by atoms with E-state index in [1.54, 1.807) is 0 Å². The predicted molar refractivity (Wildman–Crippen MR) is 124 cm³/mol. The SMILES string of the molecule is CC(C)CCc1ccccc1Nc1cc(C(C)(C)C)cc(C(C)(C)C)c1S. The molecule has 0 atom stereocenters. The van der Waals surface area contributed by atoms with Crippen molar-refractivity contribution in [1.29, 1.82) is 0 Å². The molecule has 0 saturated heterocycles. The van der Waals surface area contributed by atoms with Crippen LogP contribution in [-0.2, 0) is 17.3 Å². The van der Waals surface area contributed by atoms with Crippen LogP contribution in [-0.4, -0.2) is 0 Å². The summed E-state index contributed by atoms with van der Waals surface area (Å²) in [5.74, 6) is 0.704. The van der Waals surface area contributed by atoms with E-state index in [1.807, 2.05) is 0 Å². The summed E-state index contributed by atoms with van der Waals surface area (Å²) in [6.07, 6.45) is 2.29. The van der Waals surface area contributed by atoms with Crippen LogP contribution in [0, 0.1) is 5.92 Å². The van der Waals surface area contributed by atoms with Gasteiger partial charge in [-0.3, -0.25) is 0 Å². The van der Waals surface area contributed by atoms with Gasteiger partial charge in [0.25, 0.3) is 0 Å². The summed E-state index contributed by atoms with van der Waals surface area (Å²) < 4.78 is 0. The molecule has 0 spiro atoms. The Morgan fingerprint density at radius 3 is 2.07 bits per heavy atom. The first-order chi connectivity index (χ1) is 12.4. The number of rotatable bonds is 5. The quantitative estimate of drug-likeness (QED) is 0.500. The maximum absolute atomic E-state index is 4.93. The molecule has 0 radical (unpaired) electrons. The van der Waals surface area contributed by atoms with Crippen molar-refractivity contribution in [3.8, 4) is 0 Å². The summed E-state index contributed by atoms with van der Waals surface area (Å²) >= 11 is 4.93. The molecule has 0 saturated carbocycles. The number of benzene rings is 2. The summed E-state index contributed by atoms with van der Waals surface area (Å²) in [6.45, 7) is 18.2. The Bertz CT molecular complexity index is 776. The van der Waals surface area contributed by atoms with Crippen molar-refractivity contribution in [3.63, 3.8) is 0 Å². The molecule has 2 aromatic carbocycles. The van der Waals surface area contributed by atoms with Crippen LogP contribution in [0.15, 0.2) is 41.3 Å². The van der Waals surface area contributed by atoms with Crippen LogP contribution in [0.4, 0.5) is 11.4 Å². The van der Waals surface area contributed by atoms with Crippen LogP contribution in [0.1, 0.15) is 78.5 Å². The molecule has 0 aliphatic rings. The molecule has 0 fully saturated rings. The van der Waals surface area contributed by atoms with Crippen molar-refractivity contribution in [2.45, 2.75) is 84.0 Å². The minimum absolute atomic E-state index is 0.0476. The van der Waals surface area contributed by atoms with Gasteiger partial charge in [-0.2, -0.15) is 0 Å². The topological polar surface area (TPSA) is 12.0 Å². The lowest BCUT2D eigenvalue weighted by Crippen LogP contribution is -2.18. The first kappa shape index (κ1) is 21.9. The fraction of sp³-hybridized carbons (Fsp3) is 0.520. The highest BCUT2D eigenvalue weighted by Gasteiger charge is 2.24. The molecule has 0 unspecified atom stereocenters. The third-order valence-corrected chi connectivity index (χ3v) is 5.54.